The van der Waals surface area contributed by atoms with Crippen LogP contribution in [0.1, 0.15) is 17.5 Å². The maximum atomic E-state index is 13.7. The predicted octanol–water partition coefficient (Wildman–Crippen LogP) is 5.13. The van der Waals surface area contributed by atoms with Crippen molar-refractivity contribution in [1.82, 2.24) is 0 Å². The number of hydrogen-bond donors (Lipinski definition) is 1. The van der Waals surface area contributed by atoms with E-state index in [2.05, 4.69) is 23.5 Å². The number of nitrogens with one attached hydrogen (secondary N) is 1. The number of hydrogen-bond acceptors (Lipinski definition) is 2. The van der Waals surface area contributed by atoms with E-state index in [9.17, 15) is 4.39 Å². The Labute approximate surface area is 127 Å². The van der Waals surface area contributed by atoms with Gasteiger partial charge in [-0.1, -0.05) is 17.7 Å². The molecule has 2 aromatic rings. The summed E-state index contributed by atoms with van der Waals surface area (Å²) in [6, 6.07) is 11.2. The van der Waals surface area contributed by atoms with Crippen molar-refractivity contribution in [3.05, 3.63) is 58.4 Å². The minimum atomic E-state index is -0.232. The minimum absolute atomic E-state index is 0.232. The Morgan fingerprint density at radius 2 is 2.15 bits per heavy atom. The highest BCUT2D eigenvalue weighted by atomic mass is 35.5. The second kappa shape index (κ2) is 6.06. The van der Waals surface area contributed by atoms with E-state index < -0.39 is 0 Å². The number of benzene rings is 2. The van der Waals surface area contributed by atoms with Gasteiger partial charge < -0.3 is 5.32 Å². The van der Waals surface area contributed by atoms with Crippen LogP contribution in [0, 0.1) is 5.82 Å². The molecule has 104 valence electrons. The van der Waals surface area contributed by atoms with E-state index in [0.29, 0.717) is 16.3 Å². The molecule has 1 nitrogen and oxygen atoms in total. The maximum absolute atomic E-state index is 13.7. The SMILES string of the molecule is Fc1cccc(Cl)c1CSc1ccc2c(c1)CCCN2. The first-order valence-electron chi connectivity index (χ1n) is 6.66. The Morgan fingerprint density at radius 3 is 3.00 bits per heavy atom. The van der Waals surface area contributed by atoms with Crippen LogP contribution in [-0.4, -0.2) is 6.54 Å². The molecule has 0 amide bonds. The predicted molar refractivity (Wildman–Crippen MR) is 84.2 cm³/mol. The summed E-state index contributed by atoms with van der Waals surface area (Å²) >= 11 is 7.67. The number of anilines is 1. The van der Waals surface area contributed by atoms with Crippen molar-refractivity contribution < 1.29 is 4.39 Å². The molecule has 1 N–H and O–H groups in total. The van der Waals surface area contributed by atoms with Crippen LogP contribution >= 0.6 is 23.4 Å². The molecule has 0 saturated carbocycles. The Morgan fingerprint density at radius 1 is 1.25 bits per heavy atom. The molecule has 0 saturated heterocycles. The Balaban J connectivity index is 1.75. The molecule has 4 heteroatoms. The molecule has 0 unspecified atom stereocenters. The van der Waals surface area contributed by atoms with E-state index in [1.807, 2.05) is 0 Å². The Hall–Kier alpha value is -1.19. The first-order valence-corrected chi connectivity index (χ1v) is 8.03. The van der Waals surface area contributed by atoms with Crippen LogP contribution < -0.4 is 5.32 Å². The van der Waals surface area contributed by atoms with Crippen molar-refractivity contribution in [2.75, 3.05) is 11.9 Å². The van der Waals surface area contributed by atoms with Crippen molar-refractivity contribution in [3.63, 3.8) is 0 Å². The van der Waals surface area contributed by atoms with Crippen LogP contribution in [0.3, 0.4) is 0 Å². The van der Waals surface area contributed by atoms with Gasteiger partial charge in [-0.25, -0.2) is 4.39 Å². The van der Waals surface area contributed by atoms with Crippen molar-refractivity contribution in [1.29, 1.82) is 0 Å². The number of thioether (sulfide) groups is 1. The normalized spacial score (nSPS) is 13.7. The van der Waals surface area contributed by atoms with Gasteiger partial charge in [-0.3, -0.25) is 0 Å². The second-order valence-electron chi connectivity index (χ2n) is 4.84. The molecular weight excluding hydrogens is 293 g/mol. The quantitative estimate of drug-likeness (QED) is 0.789. The highest BCUT2D eigenvalue weighted by molar-refractivity contribution is 7.98. The molecule has 0 spiro atoms. The van der Waals surface area contributed by atoms with E-state index >= 15 is 0 Å². The smallest absolute Gasteiger partial charge is 0.128 e. The number of fused-ring (bicyclic) bond motifs is 1. The molecule has 20 heavy (non-hydrogen) atoms. The topological polar surface area (TPSA) is 12.0 Å². The third-order valence-electron chi connectivity index (χ3n) is 3.46. The molecule has 0 aliphatic carbocycles. The van der Waals surface area contributed by atoms with E-state index in [0.717, 1.165) is 17.9 Å². The summed E-state index contributed by atoms with van der Waals surface area (Å²) < 4.78 is 13.7. The average molecular weight is 308 g/mol. The minimum Gasteiger partial charge on any atom is -0.385 e. The van der Waals surface area contributed by atoms with Crippen LogP contribution in [0.25, 0.3) is 0 Å². The van der Waals surface area contributed by atoms with E-state index in [1.54, 1.807) is 23.9 Å². The van der Waals surface area contributed by atoms with Gasteiger partial charge in [-0.15, -0.1) is 11.8 Å². The van der Waals surface area contributed by atoms with Gasteiger partial charge in [0.1, 0.15) is 5.82 Å². The third-order valence-corrected chi connectivity index (χ3v) is 4.83. The fourth-order valence-corrected chi connectivity index (χ4v) is 3.67. The lowest BCUT2D eigenvalue weighted by Crippen LogP contribution is -2.11. The van der Waals surface area contributed by atoms with E-state index in [4.69, 9.17) is 11.6 Å². The van der Waals surface area contributed by atoms with Crippen LogP contribution in [0.2, 0.25) is 5.02 Å². The first-order chi connectivity index (χ1) is 9.74. The largest absolute Gasteiger partial charge is 0.385 e. The fourth-order valence-electron chi connectivity index (χ4n) is 2.37. The lowest BCUT2D eigenvalue weighted by Gasteiger charge is -2.18. The first kappa shape index (κ1) is 13.8. The number of rotatable bonds is 3. The molecule has 3 rings (SSSR count). The third kappa shape index (κ3) is 2.94. The summed E-state index contributed by atoms with van der Waals surface area (Å²) in [5, 5.41) is 3.89. The molecule has 1 aliphatic rings. The van der Waals surface area contributed by atoms with Crippen molar-refractivity contribution >= 4 is 29.1 Å². The fraction of sp³-hybridized carbons (Fsp3) is 0.250. The van der Waals surface area contributed by atoms with E-state index in [-0.39, 0.29) is 5.82 Å². The van der Waals surface area contributed by atoms with Gasteiger partial charge in [0.05, 0.1) is 0 Å². The van der Waals surface area contributed by atoms with Crippen LogP contribution in [-0.2, 0) is 12.2 Å². The van der Waals surface area contributed by atoms with Crippen LogP contribution in [0.5, 0.6) is 0 Å². The van der Waals surface area contributed by atoms with Gasteiger partial charge in [-0.05, 0) is 48.7 Å². The monoisotopic (exact) mass is 307 g/mol. The summed E-state index contributed by atoms with van der Waals surface area (Å²) in [4.78, 5) is 1.16. The zero-order valence-electron chi connectivity index (χ0n) is 11.0. The van der Waals surface area contributed by atoms with Crippen LogP contribution in [0.4, 0.5) is 10.1 Å². The number of aryl methyl sites for hydroxylation is 1. The van der Waals surface area contributed by atoms with Gasteiger partial charge in [-0.2, -0.15) is 0 Å². The number of halogens is 2. The summed E-state index contributed by atoms with van der Waals surface area (Å²) in [6.45, 7) is 1.05. The molecule has 0 radical (unpaired) electrons. The zero-order valence-corrected chi connectivity index (χ0v) is 12.5. The summed E-state index contributed by atoms with van der Waals surface area (Å²) in [7, 11) is 0. The van der Waals surface area contributed by atoms with Gasteiger partial charge in [0.15, 0.2) is 0 Å². The summed E-state index contributed by atoms with van der Waals surface area (Å²) in [6.07, 6.45) is 2.28. The summed E-state index contributed by atoms with van der Waals surface area (Å²) in [5.41, 5.74) is 3.15. The molecule has 1 aliphatic heterocycles. The van der Waals surface area contributed by atoms with Gasteiger partial charge >= 0.3 is 0 Å². The van der Waals surface area contributed by atoms with Crippen molar-refractivity contribution in [2.24, 2.45) is 0 Å². The molecule has 0 atom stereocenters. The maximum Gasteiger partial charge on any atom is 0.128 e. The lowest BCUT2D eigenvalue weighted by molar-refractivity contribution is 0.617. The van der Waals surface area contributed by atoms with Crippen molar-refractivity contribution in [3.8, 4) is 0 Å². The molecule has 0 bridgehead atoms. The molecule has 1 heterocycles. The van der Waals surface area contributed by atoms with Crippen molar-refractivity contribution in [2.45, 2.75) is 23.5 Å². The second-order valence-corrected chi connectivity index (χ2v) is 6.29. The summed E-state index contributed by atoms with van der Waals surface area (Å²) in [5.74, 6) is 0.321. The average Bonchev–Trinajstić information content (AvgIpc) is 2.46. The standard InChI is InChI=1S/C16H15ClFNS/c17-14-4-1-5-15(18)13(14)10-20-12-6-7-16-11(9-12)3-2-8-19-16/h1,4-7,9,19H,2-3,8,10H2. The Bertz CT molecular complexity index is 610. The van der Waals surface area contributed by atoms with E-state index in [1.165, 1.54) is 23.7 Å². The molecule has 2 aromatic carbocycles. The van der Waals surface area contributed by atoms with Gasteiger partial charge in [0.2, 0.25) is 0 Å². The van der Waals surface area contributed by atoms with Crippen LogP contribution in [0.15, 0.2) is 41.3 Å². The lowest BCUT2D eigenvalue weighted by atomic mass is 10.0. The van der Waals surface area contributed by atoms with Gasteiger partial charge in [0, 0.05) is 33.5 Å². The van der Waals surface area contributed by atoms with Gasteiger partial charge in [0.25, 0.3) is 0 Å². The molecular formula is C16H15ClFNS. The Kier molecular flexibility index (Phi) is 4.18. The molecule has 0 aromatic heterocycles. The highest BCUT2D eigenvalue weighted by Crippen LogP contribution is 2.32. The zero-order chi connectivity index (χ0) is 13.9. The molecule has 0 fully saturated rings. The highest BCUT2D eigenvalue weighted by Gasteiger charge is 2.11.